The molecule has 15 heavy (non-hydrogen) atoms. The predicted octanol–water partition coefficient (Wildman–Crippen LogP) is 4.29. The summed E-state index contributed by atoms with van der Waals surface area (Å²) in [5.74, 6) is 0. The molecule has 0 saturated heterocycles. The van der Waals surface area contributed by atoms with E-state index in [9.17, 15) is 0 Å². The van der Waals surface area contributed by atoms with Crippen LogP contribution in [-0.4, -0.2) is 0 Å². The van der Waals surface area contributed by atoms with Gasteiger partial charge in [0, 0.05) is 4.88 Å². The number of hydrogen-bond donors (Lipinski definition) is 0. The Kier molecular flexibility index (Phi) is 2.34. The molecule has 0 unspecified atom stereocenters. The summed E-state index contributed by atoms with van der Waals surface area (Å²) in [5, 5.41) is 2.34. The van der Waals surface area contributed by atoms with E-state index in [0.29, 0.717) is 0 Å². The molecule has 3 rings (SSSR count). The number of benzene rings is 1. The lowest BCUT2D eigenvalue weighted by Gasteiger charge is -2.12. The lowest BCUT2D eigenvalue weighted by molar-refractivity contribution is 0.698. The smallest absolute Gasteiger partial charge is 0.00836 e. The Bertz CT molecular complexity index is 453. The van der Waals surface area contributed by atoms with Gasteiger partial charge in [-0.3, -0.25) is 0 Å². The van der Waals surface area contributed by atoms with Crippen molar-refractivity contribution in [2.45, 2.75) is 25.7 Å². The van der Waals surface area contributed by atoms with Gasteiger partial charge in [-0.1, -0.05) is 30.3 Å². The fraction of sp³-hybridized carbons (Fsp3) is 0.286. The zero-order valence-corrected chi connectivity index (χ0v) is 9.52. The summed E-state index contributed by atoms with van der Waals surface area (Å²) in [7, 11) is 0. The maximum Gasteiger partial charge on any atom is 0.00836 e. The molecule has 0 nitrogen and oxygen atoms in total. The molecule has 1 aromatic carbocycles. The molecule has 0 atom stereocenters. The number of aryl methyl sites for hydroxylation is 1. The monoisotopic (exact) mass is 214 g/mol. The lowest BCUT2D eigenvalue weighted by Crippen LogP contribution is -1.99. The molecule has 1 aromatic heterocycles. The Morgan fingerprint density at radius 2 is 1.73 bits per heavy atom. The van der Waals surface area contributed by atoms with Crippen LogP contribution in [0.25, 0.3) is 11.1 Å². The molecule has 76 valence electrons. The highest BCUT2D eigenvalue weighted by Gasteiger charge is 2.15. The third-order valence-corrected chi connectivity index (χ3v) is 4.23. The molecule has 0 spiro atoms. The molecule has 0 fully saturated rings. The van der Waals surface area contributed by atoms with E-state index in [1.165, 1.54) is 36.8 Å². The van der Waals surface area contributed by atoms with Crippen LogP contribution in [0.15, 0.2) is 35.7 Å². The molecule has 0 aliphatic heterocycles. The van der Waals surface area contributed by atoms with Gasteiger partial charge >= 0.3 is 0 Å². The van der Waals surface area contributed by atoms with Crippen molar-refractivity contribution in [3.05, 3.63) is 46.2 Å². The van der Waals surface area contributed by atoms with Gasteiger partial charge in [-0.2, -0.15) is 0 Å². The van der Waals surface area contributed by atoms with Crippen molar-refractivity contribution < 1.29 is 0 Å². The van der Waals surface area contributed by atoms with Gasteiger partial charge in [0.15, 0.2) is 0 Å². The zero-order valence-electron chi connectivity index (χ0n) is 8.70. The van der Waals surface area contributed by atoms with Crippen LogP contribution in [0.4, 0.5) is 0 Å². The fourth-order valence-electron chi connectivity index (χ4n) is 2.35. The predicted molar refractivity (Wildman–Crippen MR) is 66.4 cm³/mol. The van der Waals surface area contributed by atoms with Crippen molar-refractivity contribution in [2.24, 2.45) is 0 Å². The van der Waals surface area contributed by atoms with E-state index in [0.717, 1.165) is 0 Å². The van der Waals surface area contributed by atoms with E-state index in [4.69, 9.17) is 0 Å². The average molecular weight is 214 g/mol. The molecule has 0 amide bonds. The molecule has 1 aliphatic rings. The highest BCUT2D eigenvalue weighted by molar-refractivity contribution is 7.10. The molecule has 0 radical (unpaired) electrons. The first kappa shape index (κ1) is 9.17. The van der Waals surface area contributed by atoms with Crippen molar-refractivity contribution in [3.8, 4) is 11.1 Å². The summed E-state index contributed by atoms with van der Waals surface area (Å²) in [6, 6.07) is 10.8. The van der Waals surface area contributed by atoms with Crippen LogP contribution in [0, 0.1) is 0 Å². The van der Waals surface area contributed by atoms with Crippen molar-refractivity contribution in [2.75, 3.05) is 0 Å². The van der Waals surface area contributed by atoms with Gasteiger partial charge < -0.3 is 0 Å². The van der Waals surface area contributed by atoms with Crippen molar-refractivity contribution in [1.29, 1.82) is 0 Å². The summed E-state index contributed by atoms with van der Waals surface area (Å²) >= 11 is 1.95. The summed E-state index contributed by atoms with van der Waals surface area (Å²) < 4.78 is 0. The van der Waals surface area contributed by atoms with Gasteiger partial charge in [0.1, 0.15) is 0 Å². The molecule has 0 N–H and O–H groups in total. The topological polar surface area (TPSA) is 0 Å². The Balaban J connectivity index is 2.09. The highest BCUT2D eigenvalue weighted by atomic mass is 32.1. The minimum absolute atomic E-state index is 1.28. The van der Waals surface area contributed by atoms with Crippen LogP contribution in [0.1, 0.15) is 23.3 Å². The third-order valence-electron chi connectivity index (χ3n) is 3.15. The molecule has 2 aromatic rings. The first-order valence-electron chi connectivity index (χ1n) is 5.60. The molecular weight excluding hydrogens is 200 g/mol. The quantitative estimate of drug-likeness (QED) is 0.664. The first-order chi connectivity index (χ1) is 7.45. The second-order valence-corrected chi connectivity index (χ2v) is 5.09. The van der Waals surface area contributed by atoms with Crippen LogP contribution < -0.4 is 0 Å². The van der Waals surface area contributed by atoms with Gasteiger partial charge in [-0.25, -0.2) is 0 Å². The minimum Gasteiger partial charge on any atom is -0.148 e. The van der Waals surface area contributed by atoms with E-state index in [1.807, 2.05) is 11.3 Å². The van der Waals surface area contributed by atoms with Gasteiger partial charge in [0.25, 0.3) is 0 Å². The van der Waals surface area contributed by atoms with Crippen molar-refractivity contribution in [1.82, 2.24) is 0 Å². The van der Waals surface area contributed by atoms with Gasteiger partial charge in [0.05, 0.1) is 0 Å². The lowest BCUT2D eigenvalue weighted by atomic mass is 9.93. The zero-order chi connectivity index (χ0) is 10.1. The largest absolute Gasteiger partial charge is 0.148 e. The van der Waals surface area contributed by atoms with Gasteiger partial charge in [-0.05, 0) is 47.8 Å². The van der Waals surface area contributed by atoms with Crippen LogP contribution in [0.2, 0.25) is 0 Å². The van der Waals surface area contributed by atoms with E-state index >= 15 is 0 Å². The average Bonchev–Trinajstić information content (AvgIpc) is 2.74. The normalized spacial score (nSPS) is 14.9. The maximum absolute atomic E-state index is 2.34. The summed E-state index contributed by atoms with van der Waals surface area (Å²) in [5.41, 5.74) is 4.49. The summed E-state index contributed by atoms with van der Waals surface area (Å²) in [4.78, 5) is 1.63. The first-order valence-corrected chi connectivity index (χ1v) is 6.48. The Morgan fingerprint density at radius 1 is 0.933 bits per heavy atom. The van der Waals surface area contributed by atoms with Gasteiger partial charge in [0.2, 0.25) is 0 Å². The molecule has 1 aliphatic carbocycles. The summed E-state index contributed by atoms with van der Waals surface area (Å²) in [6.45, 7) is 0. The van der Waals surface area contributed by atoms with Crippen LogP contribution in [0.3, 0.4) is 0 Å². The van der Waals surface area contributed by atoms with E-state index in [2.05, 4.69) is 35.7 Å². The Hall–Kier alpha value is -1.08. The molecule has 1 heteroatoms. The number of hydrogen-bond acceptors (Lipinski definition) is 1. The Morgan fingerprint density at radius 3 is 2.60 bits per heavy atom. The van der Waals surface area contributed by atoms with Crippen molar-refractivity contribution >= 4 is 11.3 Å². The second kappa shape index (κ2) is 3.82. The number of rotatable bonds is 1. The maximum atomic E-state index is 2.34. The van der Waals surface area contributed by atoms with E-state index in [-0.39, 0.29) is 0 Å². The highest BCUT2D eigenvalue weighted by Crippen LogP contribution is 2.36. The van der Waals surface area contributed by atoms with Gasteiger partial charge in [-0.15, -0.1) is 11.3 Å². The molecule has 1 heterocycles. The molecule has 0 saturated carbocycles. The molecule has 0 bridgehead atoms. The van der Waals surface area contributed by atoms with Crippen molar-refractivity contribution in [3.63, 3.8) is 0 Å². The van der Waals surface area contributed by atoms with Crippen LogP contribution in [-0.2, 0) is 12.8 Å². The number of thiophene rings is 1. The van der Waals surface area contributed by atoms with E-state index in [1.54, 1.807) is 10.4 Å². The minimum atomic E-state index is 1.28. The third kappa shape index (κ3) is 1.61. The van der Waals surface area contributed by atoms with E-state index < -0.39 is 0 Å². The SMILES string of the molecule is c1ccc(-c2csc3c2CCCC3)cc1. The van der Waals surface area contributed by atoms with Crippen LogP contribution in [0.5, 0.6) is 0 Å². The van der Waals surface area contributed by atoms with Crippen LogP contribution >= 0.6 is 11.3 Å². The Labute approximate surface area is 94.6 Å². The fourth-order valence-corrected chi connectivity index (χ4v) is 3.51. The molecular formula is C14H14S. The second-order valence-electron chi connectivity index (χ2n) is 4.12. The number of fused-ring (bicyclic) bond motifs is 1. The standard InChI is InChI=1S/C14H14S/c1-2-6-11(7-3-1)13-10-15-14-9-5-4-8-12(13)14/h1-3,6-7,10H,4-5,8-9H2. The summed E-state index contributed by atoms with van der Waals surface area (Å²) in [6.07, 6.45) is 5.32.